The molecule has 3 rings (SSSR count). The van der Waals surface area contributed by atoms with Gasteiger partial charge in [-0.05, 0) is 42.7 Å². The predicted octanol–water partition coefficient (Wildman–Crippen LogP) is 2.55. The average molecular weight is 322 g/mol. The topological polar surface area (TPSA) is 55.1 Å². The first-order valence-corrected chi connectivity index (χ1v) is 9.16. The summed E-state index contributed by atoms with van der Waals surface area (Å²) in [5.41, 5.74) is 6.90. The van der Waals surface area contributed by atoms with E-state index < -0.39 is 0 Å². The SMILES string of the molecule is NC1C2CCC(C2)C1C(=O)NCCSCc1ccccc1F. The van der Waals surface area contributed by atoms with Crippen molar-refractivity contribution in [3.8, 4) is 0 Å². The summed E-state index contributed by atoms with van der Waals surface area (Å²) in [7, 11) is 0. The molecule has 4 atom stereocenters. The smallest absolute Gasteiger partial charge is 0.224 e. The van der Waals surface area contributed by atoms with E-state index in [-0.39, 0.29) is 23.7 Å². The number of hydrogen-bond acceptors (Lipinski definition) is 3. The molecule has 0 saturated heterocycles. The molecule has 3 N–H and O–H groups in total. The normalized spacial score (nSPS) is 29.7. The Morgan fingerprint density at radius 1 is 1.32 bits per heavy atom. The van der Waals surface area contributed by atoms with Crippen LogP contribution in [0.1, 0.15) is 24.8 Å². The second-order valence-corrected chi connectivity index (χ2v) is 7.48. The van der Waals surface area contributed by atoms with Crippen LogP contribution in [0.3, 0.4) is 0 Å². The number of carbonyl (C=O) groups is 1. The zero-order valence-corrected chi connectivity index (χ0v) is 13.4. The minimum absolute atomic E-state index is 0.00955. The molecule has 2 bridgehead atoms. The monoisotopic (exact) mass is 322 g/mol. The van der Waals surface area contributed by atoms with E-state index in [0.29, 0.717) is 29.7 Å². The highest BCUT2D eigenvalue weighted by Crippen LogP contribution is 2.47. The highest BCUT2D eigenvalue weighted by molar-refractivity contribution is 7.98. The molecule has 22 heavy (non-hydrogen) atoms. The molecular weight excluding hydrogens is 299 g/mol. The van der Waals surface area contributed by atoms with Crippen LogP contribution in [-0.4, -0.2) is 24.2 Å². The highest BCUT2D eigenvalue weighted by Gasteiger charge is 2.48. The molecular formula is C17H23FN2OS. The van der Waals surface area contributed by atoms with Crippen molar-refractivity contribution in [3.63, 3.8) is 0 Å². The maximum Gasteiger partial charge on any atom is 0.224 e. The molecule has 2 aliphatic rings. The van der Waals surface area contributed by atoms with E-state index in [1.165, 1.54) is 12.5 Å². The lowest BCUT2D eigenvalue weighted by molar-refractivity contribution is -0.126. The van der Waals surface area contributed by atoms with Crippen LogP contribution >= 0.6 is 11.8 Å². The minimum atomic E-state index is -0.160. The first kappa shape index (κ1) is 15.8. The van der Waals surface area contributed by atoms with E-state index in [1.807, 2.05) is 6.07 Å². The number of fused-ring (bicyclic) bond motifs is 2. The third-order valence-corrected chi connectivity index (χ3v) is 6.05. The number of carbonyl (C=O) groups excluding carboxylic acids is 1. The molecule has 2 aliphatic carbocycles. The molecule has 0 aromatic heterocycles. The number of thioether (sulfide) groups is 1. The molecule has 1 amide bonds. The lowest BCUT2D eigenvalue weighted by Gasteiger charge is -2.26. The number of nitrogens with two attached hydrogens (primary N) is 1. The van der Waals surface area contributed by atoms with Crippen molar-refractivity contribution in [2.45, 2.75) is 31.1 Å². The van der Waals surface area contributed by atoms with Crippen LogP contribution in [-0.2, 0) is 10.5 Å². The van der Waals surface area contributed by atoms with Gasteiger partial charge in [-0.25, -0.2) is 4.39 Å². The molecule has 0 heterocycles. The van der Waals surface area contributed by atoms with Gasteiger partial charge in [0.1, 0.15) is 5.82 Å². The third kappa shape index (κ3) is 3.30. The van der Waals surface area contributed by atoms with Crippen LogP contribution in [0.25, 0.3) is 0 Å². The van der Waals surface area contributed by atoms with Crippen LogP contribution in [0, 0.1) is 23.6 Å². The molecule has 1 aromatic rings. The molecule has 3 nitrogen and oxygen atoms in total. The van der Waals surface area contributed by atoms with Gasteiger partial charge in [-0.3, -0.25) is 4.79 Å². The summed E-state index contributed by atoms with van der Waals surface area (Å²) in [5, 5.41) is 3.01. The van der Waals surface area contributed by atoms with Gasteiger partial charge in [0, 0.05) is 24.1 Å². The van der Waals surface area contributed by atoms with Gasteiger partial charge >= 0.3 is 0 Å². The molecule has 0 aliphatic heterocycles. The number of nitrogens with one attached hydrogen (secondary N) is 1. The fourth-order valence-electron chi connectivity index (χ4n) is 3.89. The number of rotatable bonds is 6. The summed E-state index contributed by atoms with van der Waals surface area (Å²) in [6.45, 7) is 0.624. The Bertz CT molecular complexity index is 537. The zero-order chi connectivity index (χ0) is 15.5. The molecule has 0 spiro atoms. The Morgan fingerprint density at radius 2 is 2.09 bits per heavy atom. The van der Waals surface area contributed by atoms with Gasteiger partial charge in [-0.15, -0.1) is 0 Å². The lowest BCUT2D eigenvalue weighted by atomic mass is 9.84. The Balaban J connectivity index is 1.37. The van der Waals surface area contributed by atoms with E-state index in [9.17, 15) is 9.18 Å². The largest absolute Gasteiger partial charge is 0.355 e. The second-order valence-electron chi connectivity index (χ2n) is 6.37. The van der Waals surface area contributed by atoms with Crippen LogP contribution in [0.4, 0.5) is 4.39 Å². The Hall–Kier alpha value is -1.07. The van der Waals surface area contributed by atoms with E-state index in [1.54, 1.807) is 23.9 Å². The van der Waals surface area contributed by atoms with Crippen LogP contribution in [0.5, 0.6) is 0 Å². The molecule has 4 unspecified atom stereocenters. The summed E-state index contributed by atoms with van der Waals surface area (Å²) >= 11 is 1.64. The number of halogens is 1. The van der Waals surface area contributed by atoms with Crippen molar-refractivity contribution in [3.05, 3.63) is 35.6 Å². The van der Waals surface area contributed by atoms with Crippen molar-refractivity contribution < 1.29 is 9.18 Å². The van der Waals surface area contributed by atoms with Crippen LogP contribution < -0.4 is 11.1 Å². The summed E-state index contributed by atoms with van der Waals surface area (Å²) in [5.74, 6) is 2.43. The van der Waals surface area contributed by atoms with Crippen LogP contribution in [0.2, 0.25) is 0 Å². The van der Waals surface area contributed by atoms with E-state index in [0.717, 1.165) is 18.6 Å². The van der Waals surface area contributed by atoms with Gasteiger partial charge in [0.25, 0.3) is 0 Å². The maximum atomic E-state index is 13.5. The summed E-state index contributed by atoms with van der Waals surface area (Å²) in [6, 6.07) is 6.87. The van der Waals surface area contributed by atoms with E-state index in [2.05, 4.69) is 5.32 Å². The minimum Gasteiger partial charge on any atom is -0.355 e. The summed E-state index contributed by atoms with van der Waals surface area (Å²) in [4.78, 5) is 12.3. The molecule has 120 valence electrons. The third-order valence-electron chi connectivity index (χ3n) is 5.04. The van der Waals surface area contributed by atoms with Gasteiger partial charge in [-0.1, -0.05) is 18.2 Å². The predicted molar refractivity (Wildman–Crippen MR) is 87.9 cm³/mol. The Kier molecular flexibility index (Phi) is 5.03. The van der Waals surface area contributed by atoms with E-state index >= 15 is 0 Å². The Morgan fingerprint density at radius 3 is 2.82 bits per heavy atom. The number of amides is 1. The first-order chi connectivity index (χ1) is 10.7. The molecule has 2 saturated carbocycles. The van der Waals surface area contributed by atoms with Gasteiger partial charge in [-0.2, -0.15) is 11.8 Å². The highest BCUT2D eigenvalue weighted by atomic mass is 32.2. The van der Waals surface area contributed by atoms with Crippen molar-refractivity contribution >= 4 is 17.7 Å². The maximum absolute atomic E-state index is 13.5. The van der Waals surface area contributed by atoms with Gasteiger partial charge in [0.15, 0.2) is 0 Å². The average Bonchev–Trinajstić information content (AvgIpc) is 3.09. The van der Waals surface area contributed by atoms with Crippen molar-refractivity contribution in [2.75, 3.05) is 12.3 Å². The molecule has 2 fully saturated rings. The fourth-order valence-corrected chi connectivity index (χ4v) is 4.73. The lowest BCUT2D eigenvalue weighted by Crippen LogP contribution is -2.45. The second kappa shape index (κ2) is 7.01. The van der Waals surface area contributed by atoms with E-state index in [4.69, 9.17) is 5.73 Å². The number of benzene rings is 1. The van der Waals surface area contributed by atoms with Gasteiger partial charge < -0.3 is 11.1 Å². The number of hydrogen-bond donors (Lipinski definition) is 2. The summed E-state index contributed by atoms with van der Waals surface area (Å²) < 4.78 is 13.5. The summed E-state index contributed by atoms with van der Waals surface area (Å²) in [6.07, 6.45) is 3.47. The Labute approximate surface area is 135 Å². The van der Waals surface area contributed by atoms with Gasteiger partial charge in [0.05, 0.1) is 5.92 Å². The molecule has 0 radical (unpaired) electrons. The quantitative estimate of drug-likeness (QED) is 0.792. The zero-order valence-electron chi connectivity index (χ0n) is 12.6. The van der Waals surface area contributed by atoms with Crippen molar-refractivity contribution in [1.29, 1.82) is 0 Å². The molecule has 5 heteroatoms. The van der Waals surface area contributed by atoms with Gasteiger partial charge in [0.2, 0.25) is 5.91 Å². The first-order valence-electron chi connectivity index (χ1n) is 8.01. The molecule has 1 aromatic carbocycles. The van der Waals surface area contributed by atoms with Crippen molar-refractivity contribution in [1.82, 2.24) is 5.32 Å². The fraction of sp³-hybridized carbons (Fsp3) is 0.588. The van der Waals surface area contributed by atoms with Crippen molar-refractivity contribution in [2.24, 2.45) is 23.5 Å². The van der Waals surface area contributed by atoms with Crippen LogP contribution in [0.15, 0.2) is 24.3 Å². The standard InChI is InChI=1S/C17H23FN2OS/c18-14-4-2-1-3-13(14)10-22-8-7-20-17(21)15-11-5-6-12(9-11)16(15)19/h1-4,11-12,15-16H,5-10,19H2,(H,20,21).